The van der Waals surface area contributed by atoms with Gasteiger partial charge in [0.05, 0.1) is 5.01 Å². The fourth-order valence-electron chi connectivity index (χ4n) is 1.87. The molecular formula is C12H14N6S. The van der Waals surface area contributed by atoms with Crippen LogP contribution in [0.3, 0.4) is 0 Å². The van der Waals surface area contributed by atoms with Crippen LogP contribution in [0.2, 0.25) is 0 Å². The van der Waals surface area contributed by atoms with E-state index >= 15 is 0 Å². The van der Waals surface area contributed by atoms with Gasteiger partial charge in [0.25, 0.3) is 0 Å². The third-order valence-electron chi connectivity index (χ3n) is 2.80. The van der Waals surface area contributed by atoms with Crippen LogP contribution in [-0.4, -0.2) is 31.1 Å². The maximum Gasteiger partial charge on any atom is 0.203 e. The topological polar surface area (TPSA) is 68.0 Å². The second-order valence-electron chi connectivity index (χ2n) is 4.28. The zero-order valence-electron chi connectivity index (χ0n) is 10.8. The van der Waals surface area contributed by atoms with Crippen molar-refractivity contribution < 1.29 is 0 Å². The first-order valence-corrected chi connectivity index (χ1v) is 6.93. The molecule has 0 saturated carbocycles. The molecule has 7 heteroatoms. The van der Waals surface area contributed by atoms with Crippen molar-refractivity contribution in [3.8, 4) is 0 Å². The number of nitrogens with one attached hydrogen (secondary N) is 1. The Balaban J connectivity index is 1.71. The molecule has 3 heterocycles. The van der Waals surface area contributed by atoms with Crippen molar-refractivity contribution in [1.82, 2.24) is 24.6 Å². The minimum absolute atomic E-state index is 0.760. The predicted molar refractivity (Wildman–Crippen MR) is 74.6 cm³/mol. The Labute approximate surface area is 114 Å². The molecule has 0 fully saturated rings. The molecule has 0 bridgehead atoms. The zero-order chi connectivity index (χ0) is 13.2. The number of rotatable bonds is 4. The summed E-state index contributed by atoms with van der Waals surface area (Å²) in [6.45, 7) is 4.71. The van der Waals surface area contributed by atoms with Gasteiger partial charge in [0.2, 0.25) is 5.65 Å². The minimum atomic E-state index is 0.760. The molecule has 3 aromatic heterocycles. The number of anilines is 1. The Morgan fingerprint density at radius 2 is 2.21 bits per heavy atom. The molecule has 0 aliphatic carbocycles. The van der Waals surface area contributed by atoms with Crippen molar-refractivity contribution in [2.75, 3.05) is 11.9 Å². The van der Waals surface area contributed by atoms with Crippen LogP contribution in [0.25, 0.3) is 5.65 Å². The molecule has 98 valence electrons. The van der Waals surface area contributed by atoms with E-state index in [-0.39, 0.29) is 0 Å². The fraction of sp³-hybridized carbons (Fsp3) is 0.333. The van der Waals surface area contributed by atoms with Crippen LogP contribution in [0.1, 0.15) is 16.5 Å². The average molecular weight is 274 g/mol. The Kier molecular flexibility index (Phi) is 3.12. The lowest BCUT2D eigenvalue weighted by atomic mass is 10.4. The SMILES string of the molecule is Cc1csc(CCNc2nccn3c(C)nnc23)n1. The average Bonchev–Trinajstić information content (AvgIpc) is 2.98. The van der Waals surface area contributed by atoms with E-state index in [1.54, 1.807) is 17.5 Å². The van der Waals surface area contributed by atoms with Gasteiger partial charge < -0.3 is 5.32 Å². The van der Waals surface area contributed by atoms with Crippen LogP contribution in [0.15, 0.2) is 17.8 Å². The van der Waals surface area contributed by atoms with Gasteiger partial charge in [-0.15, -0.1) is 21.5 Å². The summed E-state index contributed by atoms with van der Waals surface area (Å²) >= 11 is 1.69. The molecular weight excluding hydrogens is 260 g/mol. The molecule has 0 aliphatic heterocycles. The Morgan fingerprint density at radius 3 is 3.00 bits per heavy atom. The summed E-state index contributed by atoms with van der Waals surface area (Å²) < 4.78 is 1.92. The molecule has 6 nitrogen and oxygen atoms in total. The smallest absolute Gasteiger partial charge is 0.203 e. The van der Waals surface area contributed by atoms with Gasteiger partial charge in [-0.3, -0.25) is 4.40 Å². The van der Waals surface area contributed by atoms with E-state index < -0.39 is 0 Å². The first kappa shape index (κ1) is 12.0. The van der Waals surface area contributed by atoms with Crippen molar-refractivity contribution in [2.24, 2.45) is 0 Å². The molecule has 3 aromatic rings. The highest BCUT2D eigenvalue weighted by Gasteiger charge is 2.07. The highest BCUT2D eigenvalue weighted by Crippen LogP contribution is 2.13. The van der Waals surface area contributed by atoms with Crippen molar-refractivity contribution in [1.29, 1.82) is 0 Å². The van der Waals surface area contributed by atoms with E-state index in [1.165, 1.54) is 0 Å². The fourth-order valence-corrected chi connectivity index (χ4v) is 2.65. The van der Waals surface area contributed by atoms with Gasteiger partial charge in [0, 0.05) is 36.4 Å². The van der Waals surface area contributed by atoms with Crippen LogP contribution in [-0.2, 0) is 6.42 Å². The van der Waals surface area contributed by atoms with Gasteiger partial charge in [-0.1, -0.05) is 0 Å². The Morgan fingerprint density at radius 1 is 1.32 bits per heavy atom. The summed E-state index contributed by atoms with van der Waals surface area (Å²) in [5.74, 6) is 1.62. The highest BCUT2D eigenvalue weighted by molar-refractivity contribution is 7.09. The lowest BCUT2D eigenvalue weighted by Gasteiger charge is -2.05. The van der Waals surface area contributed by atoms with E-state index in [1.807, 2.05) is 24.4 Å². The van der Waals surface area contributed by atoms with Gasteiger partial charge in [0.1, 0.15) is 5.82 Å². The third kappa shape index (κ3) is 2.41. The monoisotopic (exact) mass is 274 g/mol. The largest absolute Gasteiger partial charge is 0.366 e. The summed E-state index contributed by atoms with van der Waals surface area (Å²) in [5, 5.41) is 14.7. The molecule has 0 aliphatic rings. The van der Waals surface area contributed by atoms with Crippen LogP contribution in [0.4, 0.5) is 5.82 Å². The highest BCUT2D eigenvalue weighted by atomic mass is 32.1. The Bertz CT molecular complexity index is 701. The molecule has 3 rings (SSSR count). The number of hydrogen-bond acceptors (Lipinski definition) is 6. The molecule has 0 spiro atoms. The van der Waals surface area contributed by atoms with Crippen LogP contribution >= 0.6 is 11.3 Å². The number of fused-ring (bicyclic) bond motifs is 1. The summed E-state index contributed by atoms with van der Waals surface area (Å²) in [5.41, 5.74) is 1.84. The van der Waals surface area contributed by atoms with E-state index in [0.29, 0.717) is 0 Å². The second kappa shape index (κ2) is 4.93. The maximum absolute atomic E-state index is 4.43. The first-order chi connectivity index (χ1) is 9.24. The van der Waals surface area contributed by atoms with E-state index in [0.717, 1.165) is 41.0 Å². The molecule has 0 saturated heterocycles. The summed E-state index contributed by atoms with van der Waals surface area (Å²) in [4.78, 5) is 8.74. The molecule has 19 heavy (non-hydrogen) atoms. The number of nitrogens with zero attached hydrogens (tertiary/aromatic N) is 5. The van der Waals surface area contributed by atoms with Crippen LogP contribution in [0.5, 0.6) is 0 Å². The van der Waals surface area contributed by atoms with Crippen molar-refractivity contribution in [3.05, 3.63) is 34.3 Å². The van der Waals surface area contributed by atoms with Gasteiger partial charge in [-0.2, -0.15) is 0 Å². The molecule has 0 aromatic carbocycles. The number of aromatic nitrogens is 5. The summed E-state index contributed by atoms with van der Waals surface area (Å²) in [6, 6.07) is 0. The lowest BCUT2D eigenvalue weighted by molar-refractivity contribution is 0.969. The summed E-state index contributed by atoms with van der Waals surface area (Å²) in [7, 11) is 0. The van der Waals surface area contributed by atoms with Gasteiger partial charge in [-0.05, 0) is 13.8 Å². The Hall–Kier alpha value is -2.02. The summed E-state index contributed by atoms with van der Waals surface area (Å²) in [6.07, 6.45) is 4.49. The number of aryl methyl sites for hydroxylation is 2. The van der Waals surface area contributed by atoms with E-state index in [2.05, 4.69) is 30.9 Å². The van der Waals surface area contributed by atoms with E-state index in [4.69, 9.17) is 0 Å². The molecule has 1 N–H and O–H groups in total. The van der Waals surface area contributed by atoms with Gasteiger partial charge in [0.15, 0.2) is 5.82 Å². The molecule has 0 radical (unpaired) electrons. The minimum Gasteiger partial charge on any atom is -0.366 e. The van der Waals surface area contributed by atoms with Crippen LogP contribution < -0.4 is 5.32 Å². The maximum atomic E-state index is 4.43. The lowest BCUT2D eigenvalue weighted by Crippen LogP contribution is -2.08. The normalized spacial score (nSPS) is 11.1. The van der Waals surface area contributed by atoms with E-state index in [9.17, 15) is 0 Å². The second-order valence-corrected chi connectivity index (χ2v) is 5.22. The van der Waals surface area contributed by atoms with Crippen molar-refractivity contribution in [3.63, 3.8) is 0 Å². The quantitative estimate of drug-likeness (QED) is 0.786. The molecule has 0 unspecified atom stereocenters. The molecule has 0 atom stereocenters. The van der Waals surface area contributed by atoms with Crippen molar-refractivity contribution >= 4 is 22.8 Å². The number of thiazole rings is 1. The third-order valence-corrected chi connectivity index (χ3v) is 3.82. The van der Waals surface area contributed by atoms with Gasteiger partial charge >= 0.3 is 0 Å². The predicted octanol–water partition coefficient (Wildman–Crippen LogP) is 1.85. The van der Waals surface area contributed by atoms with Gasteiger partial charge in [-0.25, -0.2) is 9.97 Å². The number of hydrogen-bond donors (Lipinski definition) is 1. The first-order valence-electron chi connectivity index (χ1n) is 6.05. The van der Waals surface area contributed by atoms with Crippen LogP contribution in [0, 0.1) is 13.8 Å². The molecule has 0 amide bonds. The zero-order valence-corrected chi connectivity index (χ0v) is 11.6. The van der Waals surface area contributed by atoms with Crippen molar-refractivity contribution in [2.45, 2.75) is 20.3 Å². The standard InChI is InChI=1S/C12H14N6S/c1-8-7-19-10(15-8)3-4-13-11-12-17-16-9(2)18(12)6-5-14-11/h5-7H,3-4H2,1-2H3,(H,13,14).